The number of aliphatic hydroxyl groups excluding tert-OH is 1. The number of hydrogen-bond donors (Lipinski definition) is 2. The van der Waals surface area contributed by atoms with Crippen molar-refractivity contribution in [1.29, 1.82) is 0 Å². The Morgan fingerprint density at radius 1 is 1.23 bits per heavy atom. The first-order chi connectivity index (χ1) is 10.7. The van der Waals surface area contributed by atoms with Crippen molar-refractivity contribution in [2.45, 2.75) is 31.1 Å². The molecule has 0 spiro atoms. The number of carbonyl (C=O) groups excluding carboxylic acids is 1. The molecule has 4 nitrogen and oxygen atoms in total. The SMILES string of the molecule is O=C(CN1CCC(CO)CC1)NCC1(c2ccccc2)CC1. The van der Waals surface area contributed by atoms with Gasteiger partial charge in [0.1, 0.15) is 0 Å². The van der Waals surface area contributed by atoms with Gasteiger partial charge in [0, 0.05) is 18.6 Å². The number of rotatable bonds is 6. The van der Waals surface area contributed by atoms with Gasteiger partial charge in [-0.1, -0.05) is 30.3 Å². The number of likely N-dealkylation sites (tertiary alicyclic amines) is 1. The number of piperidine rings is 1. The van der Waals surface area contributed by atoms with E-state index in [9.17, 15) is 4.79 Å². The smallest absolute Gasteiger partial charge is 0.234 e. The molecule has 1 aliphatic heterocycles. The van der Waals surface area contributed by atoms with Crippen molar-refractivity contribution < 1.29 is 9.90 Å². The largest absolute Gasteiger partial charge is 0.396 e. The topological polar surface area (TPSA) is 52.6 Å². The maximum atomic E-state index is 12.2. The maximum Gasteiger partial charge on any atom is 0.234 e. The first-order valence-electron chi connectivity index (χ1n) is 8.37. The molecule has 0 bridgehead atoms. The molecule has 1 heterocycles. The highest BCUT2D eigenvalue weighted by Crippen LogP contribution is 2.47. The molecule has 3 rings (SSSR count). The predicted octanol–water partition coefficient (Wildman–Crippen LogP) is 1.54. The lowest BCUT2D eigenvalue weighted by Crippen LogP contribution is -2.43. The molecule has 0 radical (unpaired) electrons. The Bertz CT molecular complexity index is 491. The third kappa shape index (κ3) is 3.68. The van der Waals surface area contributed by atoms with E-state index in [0.29, 0.717) is 12.5 Å². The van der Waals surface area contributed by atoms with Gasteiger partial charge in [0.05, 0.1) is 6.54 Å². The normalized spacial score (nSPS) is 21.5. The summed E-state index contributed by atoms with van der Waals surface area (Å²) in [6.07, 6.45) is 4.33. The summed E-state index contributed by atoms with van der Waals surface area (Å²) in [5.41, 5.74) is 1.53. The fraction of sp³-hybridized carbons (Fsp3) is 0.611. The lowest BCUT2D eigenvalue weighted by atomic mass is 9.96. The number of nitrogens with one attached hydrogen (secondary N) is 1. The van der Waals surface area contributed by atoms with E-state index in [1.165, 1.54) is 18.4 Å². The van der Waals surface area contributed by atoms with Crippen molar-refractivity contribution in [2.24, 2.45) is 5.92 Å². The highest BCUT2D eigenvalue weighted by molar-refractivity contribution is 5.78. The standard InChI is InChI=1S/C18H26N2O2/c21-13-15-6-10-20(11-7-15)12-17(22)19-14-18(8-9-18)16-4-2-1-3-5-16/h1-5,15,21H,6-14H2,(H,19,22). The van der Waals surface area contributed by atoms with Crippen molar-refractivity contribution in [3.05, 3.63) is 35.9 Å². The predicted molar refractivity (Wildman–Crippen MR) is 86.6 cm³/mol. The summed E-state index contributed by atoms with van der Waals surface area (Å²) in [6.45, 7) is 3.36. The first-order valence-corrected chi connectivity index (χ1v) is 8.37. The number of benzene rings is 1. The Morgan fingerprint density at radius 2 is 1.91 bits per heavy atom. The summed E-state index contributed by atoms with van der Waals surface area (Å²) in [7, 11) is 0. The van der Waals surface area contributed by atoms with Gasteiger partial charge in [-0.25, -0.2) is 0 Å². The van der Waals surface area contributed by atoms with Crippen molar-refractivity contribution in [3.8, 4) is 0 Å². The fourth-order valence-corrected chi connectivity index (χ4v) is 3.36. The summed E-state index contributed by atoms with van der Waals surface area (Å²) in [5.74, 6) is 0.553. The summed E-state index contributed by atoms with van der Waals surface area (Å²) in [5, 5.41) is 12.3. The van der Waals surface area contributed by atoms with E-state index in [1.807, 2.05) is 6.07 Å². The van der Waals surface area contributed by atoms with Gasteiger partial charge >= 0.3 is 0 Å². The van der Waals surface area contributed by atoms with Crippen LogP contribution in [-0.2, 0) is 10.2 Å². The van der Waals surface area contributed by atoms with E-state index in [2.05, 4.69) is 34.5 Å². The highest BCUT2D eigenvalue weighted by atomic mass is 16.3. The molecule has 22 heavy (non-hydrogen) atoms. The molecule has 1 saturated carbocycles. The Balaban J connectivity index is 1.43. The fourth-order valence-electron chi connectivity index (χ4n) is 3.36. The van der Waals surface area contributed by atoms with Crippen LogP contribution in [0.1, 0.15) is 31.2 Å². The van der Waals surface area contributed by atoms with Gasteiger partial charge in [0.25, 0.3) is 0 Å². The van der Waals surface area contributed by atoms with Gasteiger partial charge in [0.2, 0.25) is 5.91 Å². The molecule has 2 fully saturated rings. The minimum atomic E-state index is 0.129. The van der Waals surface area contributed by atoms with E-state index in [4.69, 9.17) is 5.11 Å². The second-order valence-electron chi connectivity index (χ2n) is 6.83. The lowest BCUT2D eigenvalue weighted by Gasteiger charge is -2.30. The van der Waals surface area contributed by atoms with Crippen LogP contribution in [-0.4, -0.2) is 48.7 Å². The number of amides is 1. The number of carbonyl (C=O) groups is 1. The van der Waals surface area contributed by atoms with Gasteiger partial charge in [-0.3, -0.25) is 9.69 Å². The van der Waals surface area contributed by atoms with Crippen LogP contribution >= 0.6 is 0 Å². The average Bonchev–Trinajstić information content (AvgIpc) is 3.36. The zero-order chi connectivity index (χ0) is 15.4. The number of hydrogen-bond acceptors (Lipinski definition) is 3. The summed E-state index contributed by atoms with van der Waals surface area (Å²) in [4.78, 5) is 14.4. The van der Waals surface area contributed by atoms with Crippen LogP contribution < -0.4 is 5.32 Å². The first kappa shape index (κ1) is 15.5. The van der Waals surface area contributed by atoms with Gasteiger partial charge in [0.15, 0.2) is 0 Å². The van der Waals surface area contributed by atoms with Crippen molar-refractivity contribution >= 4 is 5.91 Å². The van der Waals surface area contributed by atoms with E-state index >= 15 is 0 Å². The third-order valence-corrected chi connectivity index (χ3v) is 5.20. The summed E-state index contributed by atoms with van der Waals surface area (Å²) >= 11 is 0. The quantitative estimate of drug-likeness (QED) is 0.838. The zero-order valence-corrected chi connectivity index (χ0v) is 13.1. The monoisotopic (exact) mass is 302 g/mol. The van der Waals surface area contributed by atoms with Crippen molar-refractivity contribution in [2.75, 3.05) is 32.8 Å². The van der Waals surface area contributed by atoms with Crippen LogP contribution in [0.25, 0.3) is 0 Å². The molecule has 1 aromatic carbocycles. The molecule has 2 aliphatic rings. The molecule has 0 atom stereocenters. The molecule has 4 heteroatoms. The summed E-state index contributed by atoms with van der Waals surface area (Å²) < 4.78 is 0. The third-order valence-electron chi connectivity index (χ3n) is 5.20. The van der Waals surface area contributed by atoms with E-state index in [-0.39, 0.29) is 17.9 Å². The van der Waals surface area contributed by atoms with Crippen LogP contribution in [0.2, 0.25) is 0 Å². The molecule has 2 N–H and O–H groups in total. The lowest BCUT2D eigenvalue weighted by molar-refractivity contribution is -0.122. The molecular formula is C18H26N2O2. The highest BCUT2D eigenvalue weighted by Gasteiger charge is 2.44. The van der Waals surface area contributed by atoms with E-state index < -0.39 is 0 Å². The Labute approximate surface area is 132 Å². The number of aliphatic hydroxyl groups is 1. The Kier molecular flexibility index (Phi) is 4.79. The van der Waals surface area contributed by atoms with E-state index in [0.717, 1.165) is 32.5 Å². The van der Waals surface area contributed by atoms with Crippen LogP contribution in [0.15, 0.2) is 30.3 Å². The molecule has 1 saturated heterocycles. The minimum absolute atomic E-state index is 0.129. The molecule has 0 aromatic heterocycles. The molecule has 1 aromatic rings. The van der Waals surface area contributed by atoms with Gasteiger partial charge in [-0.2, -0.15) is 0 Å². The van der Waals surface area contributed by atoms with Crippen LogP contribution in [0.3, 0.4) is 0 Å². The van der Waals surface area contributed by atoms with Crippen molar-refractivity contribution in [1.82, 2.24) is 10.2 Å². The van der Waals surface area contributed by atoms with Gasteiger partial charge < -0.3 is 10.4 Å². The zero-order valence-electron chi connectivity index (χ0n) is 13.1. The Morgan fingerprint density at radius 3 is 2.50 bits per heavy atom. The summed E-state index contributed by atoms with van der Waals surface area (Å²) in [6, 6.07) is 10.5. The van der Waals surface area contributed by atoms with Crippen LogP contribution in [0.5, 0.6) is 0 Å². The number of nitrogens with zero attached hydrogens (tertiary/aromatic N) is 1. The Hall–Kier alpha value is -1.39. The van der Waals surface area contributed by atoms with Crippen molar-refractivity contribution in [3.63, 3.8) is 0 Å². The van der Waals surface area contributed by atoms with E-state index in [1.54, 1.807) is 0 Å². The molecule has 0 unspecified atom stereocenters. The van der Waals surface area contributed by atoms with Crippen LogP contribution in [0, 0.1) is 5.92 Å². The van der Waals surface area contributed by atoms with Gasteiger partial charge in [-0.15, -0.1) is 0 Å². The minimum Gasteiger partial charge on any atom is -0.396 e. The molecule has 120 valence electrons. The second kappa shape index (κ2) is 6.80. The second-order valence-corrected chi connectivity index (χ2v) is 6.83. The van der Waals surface area contributed by atoms with Crippen LogP contribution in [0.4, 0.5) is 0 Å². The molecular weight excluding hydrogens is 276 g/mol. The maximum absolute atomic E-state index is 12.2. The molecule has 1 amide bonds. The average molecular weight is 302 g/mol. The van der Waals surface area contributed by atoms with Gasteiger partial charge in [-0.05, 0) is 50.3 Å². The molecule has 1 aliphatic carbocycles.